The Morgan fingerprint density at radius 1 is 1.30 bits per heavy atom. The predicted octanol–water partition coefficient (Wildman–Crippen LogP) is 4.16. The number of carbonyl (C=O) groups is 1. The number of anilines is 1. The van der Waals surface area contributed by atoms with Crippen LogP contribution in [0.5, 0.6) is 0 Å². The van der Waals surface area contributed by atoms with Gasteiger partial charge >= 0.3 is 0 Å². The van der Waals surface area contributed by atoms with Crippen LogP contribution in [0.25, 0.3) is 0 Å². The Kier molecular flexibility index (Phi) is 5.04. The average Bonchev–Trinajstić information content (AvgIpc) is 2.44. The van der Waals surface area contributed by atoms with E-state index < -0.39 is 0 Å². The van der Waals surface area contributed by atoms with Crippen molar-refractivity contribution in [2.75, 3.05) is 5.32 Å². The summed E-state index contributed by atoms with van der Waals surface area (Å²) in [5.74, 6) is -0.0689. The topological polar surface area (TPSA) is 42.0 Å². The van der Waals surface area contributed by atoms with Crippen molar-refractivity contribution in [1.29, 1.82) is 0 Å². The molecule has 0 spiro atoms. The van der Waals surface area contributed by atoms with Gasteiger partial charge in [-0.25, -0.2) is 4.98 Å². The summed E-state index contributed by atoms with van der Waals surface area (Å²) < 4.78 is 0. The van der Waals surface area contributed by atoms with E-state index in [0.29, 0.717) is 10.0 Å². The molecule has 1 unspecified atom stereocenters. The Balaban J connectivity index is 1.99. The molecule has 0 radical (unpaired) electrons. The van der Waals surface area contributed by atoms with Crippen LogP contribution < -0.4 is 5.32 Å². The fourth-order valence-corrected chi connectivity index (χ4v) is 2.62. The Hall–Kier alpha value is -1.52. The molecule has 0 aliphatic heterocycles. The second-order valence-corrected chi connectivity index (χ2v) is 6.14. The van der Waals surface area contributed by atoms with E-state index in [9.17, 15) is 4.79 Å². The van der Waals surface area contributed by atoms with Crippen molar-refractivity contribution in [2.24, 2.45) is 0 Å². The van der Waals surface area contributed by atoms with Crippen molar-refractivity contribution in [1.82, 2.24) is 4.98 Å². The molecule has 1 amide bonds. The summed E-state index contributed by atoms with van der Waals surface area (Å²) in [6, 6.07) is 11.2. The number of nitrogens with zero attached hydrogens (tertiary/aromatic N) is 1. The van der Waals surface area contributed by atoms with Gasteiger partial charge in [0.1, 0.15) is 5.03 Å². The van der Waals surface area contributed by atoms with E-state index in [-0.39, 0.29) is 11.2 Å². The maximum atomic E-state index is 12.1. The Morgan fingerprint density at radius 3 is 2.65 bits per heavy atom. The molecule has 1 aromatic heterocycles. The third-order valence-electron chi connectivity index (χ3n) is 2.70. The minimum atomic E-state index is -0.274. The summed E-state index contributed by atoms with van der Waals surface area (Å²) in [5.41, 5.74) is 1.95. The van der Waals surface area contributed by atoms with E-state index in [1.54, 1.807) is 18.3 Å². The SMILES string of the molecule is Cc1ccc(NC(=O)C(C)Sc2ncccc2Cl)cc1. The molecule has 104 valence electrons. The Labute approximate surface area is 127 Å². The summed E-state index contributed by atoms with van der Waals surface area (Å²) in [6.45, 7) is 3.84. The molecule has 1 aromatic carbocycles. The second-order valence-electron chi connectivity index (χ2n) is 4.41. The summed E-state index contributed by atoms with van der Waals surface area (Å²) in [4.78, 5) is 16.3. The minimum absolute atomic E-state index is 0.0689. The number of rotatable bonds is 4. The van der Waals surface area contributed by atoms with Crippen molar-refractivity contribution in [3.8, 4) is 0 Å². The smallest absolute Gasteiger partial charge is 0.237 e. The van der Waals surface area contributed by atoms with Gasteiger partial charge in [-0.1, -0.05) is 41.1 Å². The molecular weight excluding hydrogens is 292 g/mol. The molecule has 0 saturated carbocycles. The lowest BCUT2D eigenvalue weighted by Crippen LogP contribution is -2.22. The van der Waals surface area contributed by atoms with Gasteiger partial charge in [-0.2, -0.15) is 0 Å². The Bertz CT molecular complexity index is 601. The number of nitrogens with one attached hydrogen (secondary N) is 1. The number of aryl methyl sites for hydroxylation is 1. The van der Waals surface area contributed by atoms with Gasteiger partial charge in [0.15, 0.2) is 0 Å². The fourth-order valence-electron chi connectivity index (χ4n) is 1.56. The molecule has 0 saturated heterocycles. The molecule has 1 heterocycles. The number of hydrogen-bond acceptors (Lipinski definition) is 3. The largest absolute Gasteiger partial charge is 0.325 e. The molecule has 0 bridgehead atoms. The average molecular weight is 307 g/mol. The second kappa shape index (κ2) is 6.77. The number of amides is 1. The summed E-state index contributed by atoms with van der Waals surface area (Å²) >= 11 is 7.38. The molecule has 0 aliphatic carbocycles. The first-order valence-electron chi connectivity index (χ1n) is 6.21. The highest BCUT2D eigenvalue weighted by molar-refractivity contribution is 8.00. The van der Waals surface area contributed by atoms with Crippen molar-refractivity contribution in [3.05, 3.63) is 53.2 Å². The van der Waals surface area contributed by atoms with Gasteiger partial charge < -0.3 is 5.32 Å². The molecule has 1 atom stereocenters. The number of benzene rings is 1. The van der Waals surface area contributed by atoms with E-state index >= 15 is 0 Å². The number of carbonyl (C=O) groups excluding carboxylic acids is 1. The molecular formula is C15H15ClN2OS. The molecule has 3 nitrogen and oxygen atoms in total. The minimum Gasteiger partial charge on any atom is -0.325 e. The van der Waals surface area contributed by atoms with Crippen LogP contribution in [0.15, 0.2) is 47.6 Å². The van der Waals surface area contributed by atoms with Gasteiger partial charge in [0.2, 0.25) is 5.91 Å². The van der Waals surface area contributed by atoms with Crippen molar-refractivity contribution < 1.29 is 4.79 Å². The first-order valence-corrected chi connectivity index (χ1v) is 7.47. The van der Waals surface area contributed by atoms with E-state index in [1.165, 1.54) is 11.8 Å². The van der Waals surface area contributed by atoms with Crippen LogP contribution in [0.3, 0.4) is 0 Å². The fraction of sp³-hybridized carbons (Fsp3) is 0.200. The summed E-state index contributed by atoms with van der Waals surface area (Å²) in [7, 11) is 0. The normalized spacial score (nSPS) is 11.9. The first kappa shape index (κ1) is 14.9. The van der Waals surface area contributed by atoms with Gasteiger partial charge in [0.25, 0.3) is 0 Å². The number of thioether (sulfide) groups is 1. The van der Waals surface area contributed by atoms with Crippen molar-refractivity contribution >= 4 is 35.0 Å². The molecule has 0 fully saturated rings. The van der Waals surface area contributed by atoms with Gasteiger partial charge in [-0.3, -0.25) is 4.79 Å². The highest BCUT2D eigenvalue weighted by Gasteiger charge is 2.16. The third kappa shape index (κ3) is 3.99. The van der Waals surface area contributed by atoms with Crippen molar-refractivity contribution in [3.63, 3.8) is 0 Å². The van der Waals surface area contributed by atoms with Gasteiger partial charge in [-0.15, -0.1) is 0 Å². The van der Waals surface area contributed by atoms with Gasteiger partial charge in [-0.05, 0) is 38.1 Å². The van der Waals surface area contributed by atoms with Crippen LogP contribution in [0, 0.1) is 6.92 Å². The monoisotopic (exact) mass is 306 g/mol. The van der Waals surface area contributed by atoms with E-state index in [2.05, 4.69) is 10.3 Å². The maximum Gasteiger partial charge on any atom is 0.237 e. The first-order chi connectivity index (χ1) is 9.56. The van der Waals surface area contributed by atoms with Crippen LogP contribution in [0.1, 0.15) is 12.5 Å². The van der Waals surface area contributed by atoms with Crippen LogP contribution in [-0.4, -0.2) is 16.1 Å². The molecule has 5 heteroatoms. The van der Waals surface area contributed by atoms with Crippen LogP contribution >= 0.6 is 23.4 Å². The van der Waals surface area contributed by atoms with Crippen molar-refractivity contribution in [2.45, 2.75) is 24.1 Å². The zero-order valence-corrected chi connectivity index (χ0v) is 12.8. The van der Waals surface area contributed by atoms with Gasteiger partial charge in [0, 0.05) is 11.9 Å². The van der Waals surface area contributed by atoms with E-state index in [0.717, 1.165) is 11.3 Å². The Morgan fingerprint density at radius 2 is 2.00 bits per heavy atom. The molecule has 1 N–H and O–H groups in total. The van der Waals surface area contributed by atoms with Crippen LogP contribution in [0.2, 0.25) is 5.02 Å². The maximum absolute atomic E-state index is 12.1. The zero-order chi connectivity index (χ0) is 14.5. The highest BCUT2D eigenvalue weighted by atomic mass is 35.5. The van der Waals surface area contributed by atoms with Gasteiger partial charge in [0.05, 0.1) is 10.3 Å². The lowest BCUT2D eigenvalue weighted by atomic mass is 10.2. The standard InChI is InChI=1S/C15H15ClN2OS/c1-10-5-7-12(8-6-10)18-14(19)11(2)20-15-13(16)4-3-9-17-15/h3-9,11H,1-2H3,(H,18,19). The number of hydrogen-bond donors (Lipinski definition) is 1. The lowest BCUT2D eigenvalue weighted by Gasteiger charge is -2.12. The number of pyridine rings is 1. The van der Waals surface area contributed by atoms with E-state index in [4.69, 9.17) is 11.6 Å². The zero-order valence-electron chi connectivity index (χ0n) is 11.3. The quantitative estimate of drug-likeness (QED) is 0.862. The third-order valence-corrected chi connectivity index (χ3v) is 4.23. The van der Waals surface area contributed by atoms with Crippen LogP contribution in [0.4, 0.5) is 5.69 Å². The predicted molar refractivity (Wildman–Crippen MR) is 84.4 cm³/mol. The molecule has 20 heavy (non-hydrogen) atoms. The summed E-state index contributed by atoms with van der Waals surface area (Å²) in [5, 5.41) is 3.83. The molecule has 2 aromatic rings. The molecule has 0 aliphatic rings. The highest BCUT2D eigenvalue weighted by Crippen LogP contribution is 2.28. The lowest BCUT2D eigenvalue weighted by molar-refractivity contribution is -0.115. The summed E-state index contributed by atoms with van der Waals surface area (Å²) in [6.07, 6.45) is 1.67. The molecule has 2 rings (SSSR count). The van der Waals surface area contributed by atoms with E-state index in [1.807, 2.05) is 38.1 Å². The van der Waals surface area contributed by atoms with Crippen LogP contribution in [-0.2, 0) is 4.79 Å². The number of halogens is 1. The number of aromatic nitrogens is 1.